The van der Waals surface area contributed by atoms with Crippen LogP contribution in [0.4, 0.5) is 0 Å². The molecule has 4 aromatic rings. The number of aromatic nitrogens is 4. The number of rotatable bonds is 8. The standard InChI is InChI=1S/C58H72N16O20/c1-57(2,89)47-55(87)93-27-37(67-49(81)35-21-59-33-19-29(91-9)11-13-31(33)65-35)53(85)73-45(39(75)15-17-63-73)51(83)62-24-42(78)70(6)26-44(80)72(8)48(58(3,4)90)56(88)94-28-38(68-50(82)36-22-60-34-20-30(92-10)12-14-32(34)66-36)54(86)74-46(40(76)16-18-64-74)52(84)61-23-41(77)69(5)25-43(79)71(47)7/h11-14,17-22,37-40,45-48,75-76,89-90H,15-16,23-28H2,1-10H3,(H,61,84)(H,62,83)(H,67,81)(H,68,82)/t37-,38-,39+,40+,45+,46+,47-,48-/m1/s1. The molecule has 7 rings (SSSR count). The van der Waals surface area contributed by atoms with Gasteiger partial charge in [0.15, 0.2) is 24.2 Å². The van der Waals surface area contributed by atoms with Gasteiger partial charge in [-0.2, -0.15) is 10.2 Å². The Morgan fingerprint density at radius 2 is 0.926 bits per heavy atom. The zero-order valence-electron chi connectivity index (χ0n) is 52.7. The van der Waals surface area contributed by atoms with Gasteiger partial charge in [0.05, 0.1) is 98.3 Å². The van der Waals surface area contributed by atoms with Crippen LogP contribution in [-0.2, 0) is 57.4 Å². The minimum Gasteiger partial charge on any atom is -0.497 e. The number of nitrogens with one attached hydrogen (secondary N) is 4. The van der Waals surface area contributed by atoms with E-state index in [9.17, 15) is 78.0 Å². The second-order valence-electron chi connectivity index (χ2n) is 23.0. The first-order chi connectivity index (χ1) is 44.2. The number of benzene rings is 2. The molecule has 8 atom stereocenters. The number of amides is 10. The summed E-state index contributed by atoms with van der Waals surface area (Å²) in [5, 5.41) is 63.5. The average Bonchev–Trinajstić information content (AvgIpc) is 0.959. The third-order valence-corrected chi connectivity index (χ3v) is 15.1. The summed E-state index contributed by atoms with van der Waals surface area (Å²) in [7, 11) is 7.22. The molecule has 0 radical (unpaired) electrons. The number of ether oxygens (including phenoxy) is 4. The van der Waals surface area contributed by atoms with E-state index < -0.39 is 170 Å². The van der Waals surface area contributed by atoms with E-state index in [0.29, 0.717) is 42.4 Å². The van der Waals surface area contributed by atoms with Crippen LogP contribution in [0, 0.1) is 0 Å². The van der Waals surface area contributed by atoms with Crippen molar-refractivity contribution in [3.05, 3.63) is 60.2 Å². The molecule has 2 aromatic heterocycles. The number of methoxy groups -OCH3 is 2. The summed E-state index contributed by atoms with van der Waals surface area (Å²) in [6.45, 7) is -1.30. The van der Waals surface area contributed by atoms with Gasteiger partial charge in [-0.1, -0.05) is 0 Å². The van der Waals surface area contributed by atoms with Crippen LogP contribution >= 0.6 is 0 Å². The van der Waals surface area contributed by atoms with E-state index >= 15 is 0 Å². The molecular weight excluding hydrogens is 1240 g/mol. The minimum absolute atomic E-state index is 0.200. The van der Waals surface area contributed by atoms with Crippen molar-refractivity contribution in [1.29, 1.82) is 0 Å². The smallest absolute Gasteiger partial charge is 0.331 e. The Bertz CT molecular complexity index is 3450. The Hall–Kier alpha value is -10.5. The van der Waals surface area contributed by atoms with Gasteiger partial charge < -0.3 is 80.2 Å². The van der Waals surface area contributed by atoms with Gasteiger partial charge in [-0.15, -0.1) is 0 Å². The molecule has 94 heavy (non-hydrogen) atoms. The van der Waals surface area contributed by atoms with Gasteiger partial charge in [0, 0.05) is 65.6 Å². The van der Waals surface area contributed by atoms with Gasteiger partial charge in [0.1, 0.15) is 48.2 Å². The molecule has 1 fully saturated rings. The van der Waals surface area contributed by atoms with Crippen molar-refractivity contribution in [2.45, 2.75) is 100 Å². The predicted octanol–water partition coefficient (Wildman–Crippen LogP) is -5.17. The van der Waals surface area contributed by atoms with E-state index in [1.54, 1.807) is 0 Å². The number of carbonyl (C=O) groups excluding carboxylic acids is 12. The van der Waals surface area contributed by atoms with Gasteiger partial charge in [0.2, 0.25) is 35.4 Å². The van der Waals surface area contributed by atoms with Gasteiger partial charge in [-0.05, 0) is 52.0 Å². The Morgan fingerprint density at radius 3 is 1.27 bits per heavy atom. The van der Waals surface area contributed by atoms with Gasteiger partial charge in [-0.3, -0.25) is 57.9 Å². The highest BCUT2D eigenvalue weighted by atomic mass is 16.5. The Balaban J connectivity index is 1.21. The Labute approximate surface area is 535 Å². The third kappa shape index (κ3) is 16.8. The third-order valence-electron chi connectivity index (χ3n) is 15.1. The number of hydrazone groups is 2. The molecule has 3 aliphatic rings. The molecule has 10 amide bonds. The number of fused-ring (bicyclic) bond motifs is 4. The van der Waals surface area contributed by atoms with Crippen LogP contribution in [-0.4, -0.2) is 295 Å². The van der Waals surface area contributed by atoms with E-state index in [4.69, 9.17) is 18.9 Å². The fourth-order valence-electron chi connectivity index (χ4n) is 9.99. The SMILES string of the molecule is COc1ccc2nc(C(=O)N[C@@H]3COC(=O)[C@H](C(C)(C)O)N(C)C(=O)CN(C)C(=O)CNC(=O)[C@@H]4[C@@H](O)CC=NN4C(=O)[C@H](NC(=O)c4cnc5cc(OC)ccc5n4)COC(=O)[C@H](C(C)(C)O)N(C)C(=O)CN(C)C(=O)CNC(=O)[C@@H]4[C@@H](O)CC=NN4C3=O)cnc2c1. The van der Waals surface area contributed by atoms with E-state index in [1.807, 2.05) is 0 Å². The maximum absolute atomic E-state index is 14.7. The average molecular weight is 1310 g/mol. The first-order valence-electron chi connectivity index (χ1n) is 28.9. The van der Waals surface area contributed by atoms with Crippen LogP contribution in [0.5, 0.6) is 11.5 Å². The summed E-state index contributed by atoms with van der Waals surface area (Å²) >= 11 is 0. The van der Waals surface area contributed by atoms with Gasteiger partial charge in [-0.25, -0.2) is 29.6 Å². The van der Waals surface area contributed by atoms with Crippen molar-refractivity contribution in [3.8, 4) is 11.5 Å². The summed E-state index contributed by atoms with van der Waals surface area (Å²) in [5.74, 6) is -13.2. The van der Waals surface area contributed by atoms with Gasteiger partial charge in [0.25, 0.3) is 23.6 Å². The number of esters is 2. The highest BCUT2D eigenvalue weighted by Gasteiger charge is 2.47. The second kappa shape index (κ2) is 29.9. The maximum Gasteiger partial charge on any atom is 0.331 e. The largest absolute Gasteiger partial charge is 0.497 e. The lowest BCUT2D eigenvalue weighted by molar-refractivity contribution is -0.166. The minimum atomic E-state index is -2.17. The maximum atomic E-state index is 14.7. The molecule has 0 aliphatic carbocycles. The van der Waals surface area contributed by atoms with Crippen LogP contribution in [0.25, 0.3) is 22.1 Å². The van der Waals surface area contributed by atoms with Crippen molar-refractivity contribution in [2.75, 3.05) is 81.8 Å². The monoisotopic (exact) mass is 1310 g/mol. The number of nitrogens with zero attached hydrogens (tertiary/aromatic N) is 12. The molecule has 2 aromatic carbocycles. The molecule has 5 heterocycles. The molecule has 36 nitrogen and oxygen atoms in total. The number of hydrogen-bond acceptors (Lipinski definition) is 26. The first-order valence-corrected chi connectivity index (χ1v) is 28.9. The van der Waals surface area contributed by atoms with Crippen LogP contribution in [0.3, 0.4) is 0 Å². The topological polar surface area (TPSA) is 467 Å². The normalized spacial score (nSPS) is 23.7. The molecule has 0 unspecified atom stereocenters. The second-order valence-corrected chi connectivity index (χ2v) is 23.0. The first kappa shape index (κ1) is 71.0. The van der Waals surface area contributed by atoms with Gasteiger partial charge >= 0.3 is 11.9 Å². The number of hydrogen-bond donors (Lipinski definition) is 8. The summed E-state index contributed by atoms with van der Waals surface area (Å²) in [4.78, 5) is 189. The number of aliphatic hydroxyl groups is 4. The van der Waals surface area contributed by atoms with Crippen LogP contribution in [0.2, 0.25) is 0 Å². The lowest BCUT2D eigenvalue weighted by Gasteiger charge is -2.37. The highest BCUT2D eigenvalue weighted by Crippen LogP contribution is 2.24. The van der Waals surface area contributed by atoms with Crippen LogP contribution < -0.4 is 30.7 Å². The molecule has 0 spiro atoms. The summed E-state index contributed by atoms with van der Waals surface area (Å²) < 4.78 is 21.6. The quantitative estimate of drug-likeness (QED) is 0.0765. The van der Waals surface area contributed by atoms with Crippen molar-refractivity contribution in [2.24, 2.45) is 10.2 Å². The molecule has 1 saturated heterocycles. The van der Waals surface area contributed by atoms with Crippen molar-refractivity contribution < 1.29 is 96.9 Å². The molecule has 0 bridgehead atoms. The molecule has 36 heteroatoms. The van der Waals surface area contributed by atoms with E-state index in [-0.39, 0.29) is 35.3 Å². The van der Waals surface area contributed by atoms with Crippen molar-refractivity contribution in [1.82, 2.24) is 70.8 Å². The van der Waals surface area contributed by atoms with Crippen molar-refractivity contribution in [3.63, 3.8) is 0 Å². The molecular formula is C58H72N16O20. The highest BCUT2D eigenvalue weighted by molar-refractivity contribution is 6.01. The lowest BCUT2D eigenvalue weighted by Crippen LogP contribution is -2.61. The van der Waals surface area contributed by atoms with E-state index in [2.05, 4.69) is 51.4 Å². The Morgan fingerprint density at radius 1 is 0.564 bits per heavy atom. The lowest BCUT2D eigenvalue weighted by atomic mass is 9.97. The number of cyclic esters (lactones) is 2. The Kier molecular flexibility index (Phi) is 22.6. The molecule has 8 N–H and O–H groups in total. The summed E-state index contributed by atoms with van der Waals surface area (Å²) in [6, 6.07) is -2.79. The molecule has 0 saturated carbocycles. The summed E-state index contributed by atoms with van der Waals surface area (Å²) in [5.41, 5.74) is -4.09. The fraction of sp³-hybridized carbons (Fsp3) is 0.483. The van der Waals surface area contributed by atoms with Crippen LogP contribution in [0.15, 0.2) is 59.0 Å². The zero-order valence-corrected chi connectivity index (χ0v) is 52.7. The number of aliphatic hydroxyl groups excluding tert-OH is 2. The van der Waals surface area contributed by atoms with E-state index in [1.165, 1.54) is 50.6 Å². The zero-order chi connectivity index (χ0) is 69.3. The number of likely N-dealkylation sites (N-methyl/N-ethyl adjacent to an activating group) is 4. The van der Waals surface area contributed by atoms with Crippen LogP contribution in [0.1, 0.15) is 61.5 Å². The summed E-state index contributed by atoms with van der Waals surface area (Å²) in [6.07, 6.45) is 0.0391. The number of carbonyl (C=O) groups is 12. The fourth-order valence-corrected chi connectivity index (χ4v) is 9.99. The van der Waals surface area contributed by atoms with Crippen molar-refractivity contribution >= 4 is 106 Å². The predicted molar refractivity (Wildman–Crippen MR) is 323 cm³/mol. The molecule has 3 aliphatic heterocycles. The molecule has 504 valence electrons. The van der Waals surface area contributed by atoms with E-state index in [0.717, 1.165) is 90.5 Å².